The molecule has 0 heterocycles. The lowest BCUT2D eigenvalue weighted by Gasteiger charge is -2.16. The molecule has 3 nitrogen and oxygen atoms in total. The molecule has 0 saturated carbocycles. The molecule has 0 aromatic heterocycles. The predicted molar refractivity (Wildman–Crippen MR) is 68.7 cm³/mol. The molecule has 3 N–H and O–H groups in total. The highest BCUT2D eigenvalue weighted by Crippen LogP contribution is 2.37. The number of hydrogen-bond acceptors (Lipinski definition) is 3. The van der Waals surface area contributed by atoms with Gasteiger partial charge in [-0.3, -0.25) is 0 Å². The number of phenolic OH excluding ortho intramolecular Hbond substituents is 1. The summed E-state index contributed by atoms with van der Waals surface area (Å²) in [5.74, 6) is 0.515. The molecule has 0 saturated heterocycles. The highest BCUT2D eigenvalue weighted by molar-refractivity contribution is 9.10. The summed E-state index contributed by atoms with van der Waals surface area (Å²) in [4.78, 5) is 0. The highest BCUT2D eigenvalue weighted by Gasteiger charge is 2.15. The van der Waals surface area contributed by atoms with Crippen molar-refractivity contribution in [2.45, 2.75) is 19.4 Å². The van der Waals surface area contributed by atoms with E-state index in [9.17, 15) is 5.11 Å². The van der Waals surface area contributed by atoms with Crippen LogP contribution in [-0.4, -0.2) is 12.2 Å². The molecule has 4 heteroatoms. The highest BCUT2D eigenvalue weighted by atomic mass is 79.9. The molecule has 0 amide bonds. The first-order valence-corrected chi connectivity index (χ1v) is 5.71. The van der Waals surface area contributed by atoms with Crippen molar-refractivity contribution in [3.63, 3.8) is 0 Å². The number of rotatable bonds is 4. The third-order valence-corrected chi connectivity index (χ3v) is 2.71. The van der Waals surface area contributed by atoms with Crippen molar-refractivity contribution >= 4 is 15.9 Å². The van der Waals surface area contributed by atoms with E-state index in [1.54, 1.807) is 12.1 Å². The molecule has 16 heavy (non-hydrogen) atoms. The molecule has 1 rings (SSSR count). The van der Waals surface area contributed by atoms with Gasteiger partial charge in [0, 0.05) is 16.1 Å². The van der Waals surface area contributed by atoms with Gasteiger partial charge >= 0.3 is 0 Å². The van der Waals surface area contributed by atoms with Gasteiger partial charge in [0.25, 0.3) is 0 Å². The maximum atomic E-state index is 9.94. The molecule has 1 aromatic rings. The van der Waals surface area contributed by atoms with Crippen molar-refractivity contribution in [2.24, 2.45) is 5.73 Å². The van der Waals surface area contributed by atoms with Crippen LogP contribution in [0.25, 0.3) is 0 Å². The summed E-state index contributed by atoms with van der Waals surface area (Å²) < 4.78 is 5.89. The maximum absolute atomic E-state index is 9.94. The summed E-state index contributed by atoms with van der Waals surface area (Å²) in [5.41, 5.74) is 7.63. The number of nitrogens with two attached hydrogens (primary N) is 1. The van der Waals surface area contributed by atoms with Crippen LogP contribution in [0.2, 0.25) is 0 Å². The molecule has 0 aliphatic rings. The average Bonchev–Trinajstić information content (AvgIpc) is 2.19. The molecule has 0 spiro atoms. The fourth-order valence-electron chi connectivity index (χ4n) is 1.52. The van der Waals surface area contributed by atoms with Crippen molar-refractivity contribution in [1.82, 2.24) is 0 Å². The summed E-state index contributed by atoms with van der Waals surface area (Å²) in [6.07, 6.45) is 0.632. The number of hydrogen-bond donors (Lipinski definition) is 2. The van der Waals surface area contributed by atoms with E-state index in [2.05, 4.69) is 22.5 Å². The Hall–Kier alpha value is -1.00. The van der Waals surface area contributed by atoms with E-state index in [1.807, 2.05) is 6.92 Å². The molecule has 0 unspecified atom stereocenters. The Labute approximate surface area is 104 Å². The van der Waals surface area contributed by atoms with Gasteiger partial charge in [-0.25, -0.2) is 0 Å². The van der Waals surface area contributed by atoms with Gasteiger partial charge in [0.1, 0.15) is 0 Å². The Morgan fingerprint density at radius 3 is 2.75 bits per heavy atom. The quantitative estimate of drug-likeness (QED) is 0.836. The van der Waals surface area contributed by atoms with Crippen LogP contribution in [0.1, 0.15) is 24.9 Å². The SMILES string of the molecule is C=C(C)C[C@@H](N)c1cc(Br)cc(OC)c1O. The normalized spacial score (nSPS) is 12.2. The van der Waals surface area contributed by atoms with Crippen LogP contribution < -0.4 is 10.5 Å². The minimum Gasteiger partial charge on any atom is -0.504 e. The Morgan fingerprint density at radius 1 is 1.62 bits per heavy atom. The minimum absolute atomic E-state index is 0.0967. The van der Waals surface area contributed by atoms with Crippen molar-refractivity contribution in [3.05, 3.63) is 34.3 Å². The van der Waals surface area contributed by atoms with Crippen LogP contribution in [0.15, 0.2) is 28.8 Å². The molecule has 88 valence electrons. The van der Waals surface area contributed by atoms with Gasteiger partial charge < -0.3 is 15.6 Å². The Kier molecular flexibility index (Phi) is 4.38. The van der Waals surface area contributed by atoms with E-state index in [4.69, 9.17) is 10.5 Å². The summed E-state index contributed by atoms with van der Waals surface area (Å²) >= 11 is 3.35. The summed E-state index contributed by atoms with van der Waals surface area (Å²) in [6, 6.07) is 3.22. The first-order valence-electron chi connectivity index (χ1n) is 4.92. The van der Waals surface area contributed by atoms with E-state index < -0.39 is 0 Å². The van der Waals surface area contributed by atoms with E-state index >= 15 is 0 Å². The van der Waals surface area contributed by atoms with E-state index in [0.29, 0.717) is 17.7 Å². The number of methoxy groups -OCH3 is 1. The Morgan fingerprint density at radius 2 is 2.25 bits per heavy atom. The standard InChI is InChI=1S/C12H16BrNO2/c1-7(2)4-10(14)9-5-8(13)6-11(16-3)12(9)15/h5-6,10,15H,1,4,14H2,2-3H3/t10-/m1/s1. The lowest BCUT2D eigenvalue weighted by atomic mass is 10.00. The number of aromatic hydroxyl groups is 1. The second-order valence-electron chi connectivity index (χ2n) is 3.81. The van der Waals surface area contributed by atoms with Crippen LogP contribution in [-0.2, 0) is 0 Å². The Balaban J connectivity index is 3.12. The maximum Gasteiger partial charge on any atom is 0.162 e. The summed E-state index contributed by atoms with van der Waals surface area (Å²) in [6.45, 7) is 5.72. The van der Waals surface area contributed by atoms with Crippen molar-refractivity contribution in [3.8, 4) is 11.5 Å². The molecule has 0 aliphatic carbocycles. The zero-order valence-corrected chi connectivity index (χ0v) is 11.0. The van der Waals surface area contributed by atoms with E-state index in [-0.39, 0.29) is 11.8 Å². The molecule has 0 aliphatic heterocycles. The molecule has 1 aromatic carbocycles. The zero-order valence-electron chi connectivity index (χ0n) is 9.46. The third kappa shape index (κ3) is 3.00. The number of ether oxygens (including phenoxy) is 1. The van der Waals surface area contributed by atoms with E-state index in [1.165, 1.54) is 7.11 Å². The number of phenols is 1. The van der Waals surface area contributed by atoms with E-state index in [0.717, 1.165) is 10.0 Å². The van der Waals surface area contributed by atoms with Gasteiger partial charge in [0.15, 0.2) is 11.5 Å². The molecule has 0 bridgehead atoms. The Bertz CT molecular complexity index is 404. The molecule has 0 radical (unpaired) electrons. The summed E-state index contributed by atoms with van der Waals surface area (Å²) in [5, 5.41) is 9.94. The van der Waals surface area contributed by atoms with Gasteiger partial charge in [-0.05, 0) is 25.5 Å². The van der Waals surface area contributed by atoms with Crippen LogP contribution in [0, 0.1) is 0 Å². The van der Waals surface area contributed by atoms with Gasteiger partial charge in [0.05, 0.1) is 7.11 Å². The van der Waals surface area contributed by atoms with Crippen LogP contribution in [0.5, 0.6) is 11.5 Å². The lowest BCUT2D eigenvalue weighted by Crippen LogP contribution is -2.11. The van der Waals surface area contributed by atoms with Crippen LogP contribution >= 0.6 is 15.9 Å². The minimum atomic E-state index is -0.274. The number of benzene rings is 1. The smallest absolute Gasteiger partial charge is 0.162 e. The molecular formula is C12H16BrNO2. The van der Waals surface area contributed by atoms with Gasteiger partial charge in [-0.2, -0.15) is 0 Å². The van der Waals surface area contributed by atoms with Crippen LogP contribution in [0.4, 0.5) is 0 Å². The van der Waals surface area contributed by atoms with Gasteiger partial charge in [-0.15, -0.1) is 6.58 Å². The fraction of sp³-hybridized carbons (Fsp3) is 0.333. The summed E-state index contributed by atoms with van der Waals surface area (Å²) in [7, 11) is 1.51. The van der Waals surface area contributed by atoms with Crippen LogP contribution in [0.3, 0.4) is 0 Å². The molecule has 1 atom stereocenters. The van der Waals surface area contributed by atoms with Crippen molar-refractivity contribution in [2.75, 3.05) is 7.11 Å². The van der Waals surface area contributed by atoms with Crippen molar-refractivity contribution in [1.29, 1.82) is 0 Å². The van der Waals surface area contributed by atoms with Crippen molar-refractivity contribution < 1.29 is 9.84 Å². The molecular weight excluding hydrogens is 270 g/mol. The fourth-order valence-corrected chi connectivity index (χ4v) is 1.97. The first kappa shape index (κ1) is 13.1. The second-order valence-corrected chi connectivity index (χ2v) is 4.73. The first-order chi connectivity index (χ1) is 7.45. The van der Waals surface area contributed by atoms with Gasteiger partial charge in [-0.1, -0.05) is 21.5 Å². The topological polar surface area (TPSA) is 55.5 Å². The monoisotopic (exact) mass is 285 g/mol. The predicted octanol–water partition coefficient (Wildman–Crippen LogP) is 3.13. The average molecular weight is 286 g/mol. The van der Waals surface area contributed by atoms with Gasteiger partial charge in [0.2, 0.25) is 0 Å². The third-order valence-electron chi connectivity index (χ3n) is 2.26. The largest absolute Gasteiger partial charge is 0.504 e. The lowest BCUT2D eigenvalue weighted by molar-refractivity contribution is 0.368. The molecule has 0 fully saturated rings. The second kappa shape index (κ2) is 5.37. The number of halogens is 1. The zero-order chi connectivity index (χ0) is 12.3.